The van der Waals surface area contributed by atoms with Crippen molar-refractivity contribution >= 4 is 17.3 Å². The number of hydrogen-bond donors (Lipinski definition) is 0. The summed E-state index contributed by atoms with van der Waals surface area (Å²) in [5, 5.41) is 0.514. The number of aryl methyl sites for hydroxylation is 1. The number of ether oxygens (including phenoxy) is 3. The molecule has 0 atom stereocenters. The van der Waals surface area contributed by atoms with Crippen LogP contribution in [0.2, 0.25) is 0 Å². The van der Waals surface area contributed by atoms with Crippen LogP contribution in [0.5, 0.6) is 17.2 Å². The first-order valence-electron chi connectivity index (χ1n) is 8.50. The van der Waals surface area contributed by atoms with Crippen LogP contribution in [-0.4, -0.2) is 27.1 Å². The Morgan fingerprint density at radius 1 is 1.04 bits per heavy atom. The summed E-state index contributed by atoms with van der Waals surface area (Å²) in [6.45, 7) is 1.88. The van der Waals surface area contributed by atoms with Crippen molar-refractivity contribution in [1.29, 1.82) is 0 Å². The second-order valence-electron chi connectivity index (χ2n) is 5.83. The summed E-state index contributed by atoms with van der Waals surface area (Å²) in [4.78, 5) is 23.3. The monoisotopic (exact) mass is 368 g/mol. The highest BCUT2D eigenvalue weighted by atomic mass is 16.5. The second kappa shape index (κ2) is 7.95. The Balaban J connectivity index is 2.18. The van der Waals surface area contributed by atoms with Crippen molar-refractivity contribution in [2.24, 2.45) is 0 Å². The van der Waals surface area contributed by atoms with Crippen LogP contribution in [0.25, 0.3) is 22.3 Å². The molecule has 0 spiro atoms. The van der Waals surface area contributed by atoms with Gasteiger partial charge in [-0.15, -0.1) is 0 Å². The van der Waals surface area contributed by atoms with Crippen molar-refractivity contribution in [1.82, 2.24) is 0 Å². The number of benzene rings is 2. The van der Waals surface area contributed by atoms with Gasteiger partial charge in [-0.2, -0.15) is 0 Å². The molecule has 1 aromatic heterocycles. The molecular formula is C21H20O6. The lowest BCUT2D eigenvalue weighted by Gasteiger charge is -2.11. The number of methoxy groups -OCH3 is 2. The summed E-state index contributed by atoms with van der Waals surface area (Å²) < 4.78 is 22.0. The number of aldehydes is 1. The molecule has 0 aliphatic heterocycles. The second-order valence-corrected chi connectivity index (χ2v) is 5.83. The van der Waals surface area contributed by atoms with Crippen LogP contribution < -0.4 is 19.6 Å². The third kappa shape index (κ3) is 3.65. The van der Waals surface area contributed by atoms with E-state index in [0.29, 0.717) is 52.2 Å². The van der Waals surface area contributed by atoms with Gasteiger partial charge in [-0.05, 0) is 36.2 Å². The lowest BCUT2D eigenvalue weighted by molar-refractivity contribution is -0.109. The third-order valence-corrected chi connectivity index (χ3v) is 4.25. The van der Waals surface area contributed by atoms with Gasteiger partial charge in [-0.25, -0.2) is 0 Å². The number of carbonyl (C=O) groups is 1. The van der Waals surface area contributed by atoms with Crippen LogP contribution >= 0.6 is 0 Å². The van der Waals surface area contributed by atoms with E-state index in [1.165, 1.54) is 6.07 Å². The summed E-state index contributed by atoms with van der Waals surface area (Å²) in [6, 6.07) is 10.1. The average Bonchev–Trinajstić information content (AvgIpc) is 2.70. The molecule has 0 N–H and O–H groups in total. The maximum Gasteiger partial charge on any atom is 0.193 e. The molecular weight excluding hydrogens is 348 g/mol. The van der Waals surface area contributed by atoms with E-state index in [1.54, 1.807) is 44.6 Å². The molecule has 0 aliphatic rings. The minimum Gasteiger partial charge on any atom is -0.493 e. The molecule has 2 aromatic carbocycles. The Morgan fingerprint density at radius 3 is 2.48 bits per heavy atom. The largest absolute Gasteiger partial charge is 0.493 e. The Kier molecular flexibility index (Phi) is 5.45. The normalized spacial score (nSPS) is 10.6. The molecule has 6 nitrogen and oxygen atoms in total. The molecule has 1 heterocycles. The van der Waals surface area contributed by atoms with Crippen molar-refractivity contribution in [3.8, 4) is 28.6 Å². The van der Waals surface area contributed by atoms with Crippen LogP contribution in [-0.2, 0) is 11.2 Å². The van der Waals surface area contributed by atoms with E-state index >= 15 is 0 Å². The first-order valence-corrected chi connectivity index (χ1v) is 8.50. The van der Waals surface area contributed by atoms with E-state index in [2.05, 4.69) is 0 Å². The van der Waals surface area contributed by atoms with Crippen LogP contribution in [0.15, 0.2) is 45.6 Å². The SMILES string of the molecule is CCc1cc(OCC=O)cc2oc(-c3ccc(OC)c(OC)c3)cc(=O)c12. The number of carbonyl (C=O) groups excluding carboxylic acids is 1. The third-order valence-electron chi connectivity index (χ3n) is 4.25. The molecule has 0 unspecified atom stereocenters. The number of rotatable bonds is 7. The standard InChI is InChI=1S/C21H20O6/c1-4-13-9-15(26-8-7-22)11-20-21(13)16(23)12-18(27-20)14-5-6-17(24-2)19(10-14)25-3/h5-7,9-12H,4,8H2,1-3H3. The van der Waals surface area contributed by atoms with Crippen LogP contribution in [0.1, 0.15) is 12.5 Å². The molecule has 3 rings (SSSR count). The van der Waals surface area contributed by atoms with Gasteiger partial charge in [0.15, 0.2) is 23.2 Å². The molecule has 0 fully saturated rings. The maximum absolute atomic E-state index is 12.7. The van der Waals surface area contributed by atoms with E-state index in [-0.39, 0.29) is 12.0 Å². The van der Waals surface area contributed by atoms with Gasteiger partial charge in [0.25, 0.3) is 0 Å². The molecule has 0 amide bonds. The van der Waals surface area contributed by atoms with E-state index in [1.807, 2.05) is 6.92 Å². The van der Waals surface area contributed by atoms with Gasteiger partial charge in [0.05, 0.1) is 19.6 Å². The predicted molar refractivity (Wildman–Crippen MR) is 102 cm³/mol. The van der Waals surface area contributed by atoms with Gasteiger partial charge in [0.1, 0.15) is 23.7 Å². The summed E-state index contributed by atoms with van der Waals surface area (Å²) in [7, 11) is 3.10. The van der Waals surface area contributed by atoms with Gasteiger partial charge in [-0.1, -0.05) is 6.92 Å². The first kappa shape index (κ1) is 18.5. The highest BCUT2D eigenvalue weighted by Crippen LogP contribution is 2.33. The van der Waals surface area contributed by atoms with Crippen molar-refractivity contribution in [2.75, 3.05) is 20.8 Å². The maximum atomic E-state index is 12.7. The minimum atomic E-state index is -0.139. The molecule has 0 saturated carbocycles. The van der Waals surface area contributed by atoms with Crippen LogP contribution in [0, 0.1) is 0 Å². The van der Waals surface area contributed by atoms with Crippen molar-refractivity contribution in [3.63, 3.8) is 0 Å². The highest BCUT2D eigenvalue weighted by molar-refractivity contribution is 5.84. The minimum absolute atomic E-state index is 0.0612. The summed E-state index contributed by atoms with van der Waals surface area (Å²) in [5.74, 6) is 2.01. The van der Waals surface area contributed by atoms with E-state index < -0.39 is 0 Å². The highest BCUT2D eigenvalue weighted by Gasteiger charge is 2.14. The van der Waals surface area contributed by atoms with Crippen molar-refractivity contribution in [2.45, 2.75) is 13.3 Å². The summed E-state index contributed by atoms with van der Waals surface area (Å²) in [5.41, 5.74) is 1.76. The van der Waals surface area contributed by atoms with Gasteiger partial charge in [0, 0.05) is 17.7 Å². The molecule has 3 aromatic rings. The summed E-state index contributed by atoms with van der Waals surface area (Å²) >= 11 is 0. The van der Waals surface area contributed by atoms with Gasteiger partial charge in [0.2, 0.25) is 0 Å². The fourth-order valence-electron chi connectivity index (χ4n) is 2.97. The molecule has 140 valence electrons. The van der Waals surface area contributed by atoms with E-state index in [4.69, 9.17) is 18.6 Å². The van der Waals surface area contributed by atoms with Gasteiger partial charge in [-0.3, -0.25) is 9.59 Å². The first-order chi connectivity index (χ1) is 13.1. The smallest absolute Gasteiger partial charge is 0.193 e. The predicted octanol–water partition coefficient (Wildman–Crippen LogP) is 3.62. The lowest BCUT2D eigenvalue weighted by Crippen LogP contribution is -2.05. The molecule has 27 heavy (non-hydrogen) atoms. The Labute approximate surface area is 156 Å². The summed E-state index contributed by atoms with van der Waals surface area (Å²) in [6.07, 6.45) is 1.31. The molecule has 0 bridgehead atoms. The topological polar surface area (TPSA) is 75.0 Å². The van der Waals surface area contributed by atoms with Crippen molar-refractivity contribution < 1.29 is 23.4 Å². The fourth-order valence-corrected chi connectivity index (χ4v) is 2.97. The van der Waals surface area contributed by atoms with E-state index in [0.717, 1.165) is 5.56 Å². The fraction of sp³-hybridized carbons (Fsp3) is 0.238. The zero-order chi connectivity index (χ0) is 19.4. The van der Waals surface area contributed by atoms with E-state index in [9.17, 15) is 9.59 Å². The van der Waals surface area contributed by atoms with Crippen molar-refractivity contribution in [3.05, 3.63) is 52.2 Å². The lowest BCUT2D eigenvalue weighted by atomic mass is 10.0. The molecule has 6 heteroatoms. The van der Waals surface area contributed by atoms with Crippen LogP contribution in [0.4, 0.5) is 0 Å². The Bertz CT molecular complexity index is 1030. The Morgan fingerprint density at radius 2 is 1.81 bits per heavy atom. The number of hydrogen-bond acceptors (Lipinski definition) is 6. The zero-order valence-electron chi connectivity index (χ0n) is 15.4. The Hall–Kier alpha value is -3.28. The quantitative estimate of drug-likeness (QED) is 0.593. The molecule has 0 saturated heterocycles. The van der Waals surface area contributed by atoms with Gasteiger partial charge >= 0.3 is 0 Å². The number of fused-ring (bicyclic) bond motifs is 1. The molecule has 0 aliphatic carbocycles. The average molecular weight is 368 g/mol. The molecule has 0 radical (unpaired) electrons. The zero-order valence-corrected chi connectivity index (χ0v) is 15.4. The van der Waals surface area contributed by atoms with Crippen LogP contribution in [0.3, 0.4) is 0 Å². The van der Waals surface area contributed by atoms with Gasteiger partial charge < -0.3 is 18.6 Å².